The Morgan fingerprint density at radius 1 is 1.21 bits per heavy atom. The summed E-state index contributed by atoms with van der Waals surface area (Å²) >= 11 is 0. The molecule has 2 N–H and O–H groups in total. The summed E-state index contributed by atoms with van der Waals surface area (Å²) in [7, 11) is -3.60. The highest BCUT2D eigenvalue weighted by atomic mass is 32.2. The Labute approximate surface area is 140 Å². The van der Waals surface area contributed by atoms with Crippen molar-refractivity contribution < 1.29 is 13.5 Å². The number of rotatable bonds is 6. The fourth-order valence-corrected chi connectivity index (χ4v) is 3.81. The third-order valence-electron chi connectivity index (χ3n) is 3.60. The van der Waals surface area contributed by atoms with Gasteiger partial charge >= 0.3 is 0 Å². The van der Waals surface area contributed by atoms with Gasteiger partial charge in [-0.1, -0.05) is 30.3 Å². The number of benzene rings is 1. The van der Waals surface area contributed by atoms with Crippen LogP contribution in [-0.4, -0.2) is 40.1 Å². The molecule has 0 aliphatic rings. The monoisotopic (exact) mass is 346 g/mol. The molecule has 0 bridgehead atoms. The van der Waals surface area contributed by atoms with E-state index in [1.54, 1.807) is 37.3 Å². The van der Waals surface area contributed by atoms with Gasteiger partial charge in [-0.25, -0.2) is 22.4 Å². The van der Waals surface area contributed by atoms with E-state index in [0.717, 1.165) is 0 Å². The lowest BCUT2D eigenvalue weighted by Gasteiger charge is -2.12. The van der Waals surface area contributed by atoms with Crippen LogP contribution in [-0.2, 0) is 15.8 Å². The van der Waals surface area contributed by atoms with Crippen molar-refractivity contribution in [3.63, 3.8) is 0 Å². The van der Waals surface area contributed by atoms with Crippen molar-refractivity contribution in [3.8, 4) is 0 Å². The third-order valence-corrected chi connectivity index (χ3v) is 5.19. The average Bonchev–Trinajstić information content (AvgIpc) is 3.01. The number of hydrogen-bond acceptors (Lipinski definition) is 6. The largest absolute Gasteiger partial charge is 0.394 e. The van der Waals surface area contributed by atoms with E-state index in [1.807, 2.05) is 6.07 Å². The molecule has 126 valence electrons. The predicted octanol–water partition coefficient (Wildman–Crippen LogP) is 1.60. The van der Waals surface area contributed by atoms with E-state index in [2.05, 4.69) is 15.3 Å². The maximum absolute atomic E-state index is 12.7. The van der Waals surface area contributed by atoms with E-state index in [1.165, 1.54) is 16.5 Å². The summed E-state index contributed by atoms with van der Waals surface area (Å²) in [6.07, 6.45) is 2.79. The molecule has 2 aromatic heterocycles. The molecule has 3 aromatic rings. The Kier molecular flexibility index (Phi) is 4.50. The van der Waals surface area contributed by atoms with Gasteiger partial charge < -0.3 is 10.4 Å². The summed E-state index contributed by atoms with van der Waals surface area (Å²) in [6.45, 7) is 1.75. The van der Waals surface area contributed by atoms with E-state index >= 15 is 0 Å². The third kappa shape index (κ3) is 3.24. The van der Waals surface area contributed by atoms with Crippen molar-refractivity contribution in [3.05, 3.63) is 54.5 Å². The van der Waals surface area contributed by atoms with Crippen LogP contribution in [0.2, 0.25) is 0 Å². The number of hydrogen-bond donors (Lipinski definition) is 2. The molecule has 0 saturated carbocycles. The van der Waals surface area contributed by atoms with E-state index in [9.17, 15) is 8.42 Å². The van der Waals surface area contributed by atoms with Gasteiger partial charge in [-0.15, -0.1) is 0 Å². The number of nitrogens with zero attached hydrogens (tertiary/aromatic N) is 3. The highest BCUT2D eigenvalue weighted by Crippen LogP contribution is 2.23. The summed E-state index contributed by atoms with van der Waals surface area (Å²) in [6, 6.07) is 10.5. The van der Waals surface area contributed by atoms with Gasteiger partial charge in [-0.05, 0) is 18.6 Å². The molecule has 0 aliphatic heterocycles. The second kappa shape index (κ2) is 6.58. The highest BCUT2D eigenvalue weighted by Gasteiger charge is 2.19. The minimum absolute atomic E-state index is 0.0570. The van der Waals surface area contributed by atoms with Gasteiger partial charge in [0.15, 0.2) is 5.65 Å². The van der Waals surface area contributed by atoms with Crippen LogP contribution in [0.4, 0.5) is 5.82 Å². The molecule has 0 spiro atoms. The molecule has 0 aliphatic carbocycles. The number of aliphatic hydroxyl groups excluding tert-OH is 1. The quantitative estimate of drug-likeness (QED) is 0.704. The second-order valence-electron chi connectivity index (χ2n) is 5.54. The van der Waals surface area contributed by atoms with Gasteiger partial charge in [0.2, 0.25) is 10.0 Å². The minimum atomic E-state index is -3.60. The molecule has 0 saturated heterocycles. The smallest absolute Gasteiger partial charge is 0.244 e. The van der Waals surface area contributed by atoms with Crippen LogP contribution in [0, 0.1) is 0 Å². The zero-order chi connectivity index (χ0) is 17.2. The van der Waals surface area contributed by atoms with E-state index < -0.39 is 10.0 Å². The Bertz CT molecular complexity index is 938. The molecule has 0 fully saturated rings. The predicted molar refractivity (Wildman–Crippen MR) is 92.2 cm³/mol. The molecular formula is C16H18N4O3S. The maximum atomic E-state index is 12.7. The Morgan fingerprint density at radius 3 is 2.67 bits per heavy atom. The SMILES string of the molecule is CC(CO)Nc1ncnc2c1ccn2S(=O)(=O)Cc1ccccc1. The van der Waals surface area contributed by atoms with E-state index in [-0.39, 0.29) is 18.4 Å². The standard InChI is InChI=1S/C16H18N4O3S/c1-12(9-21)19-15-14-7-8-20(16(14)18-11-17-15)24(22,23)10-13-5-3-2-4-6-13/h2-8,11-12,21H,9-10H2,1H3,(H,17,18,19). The first-order valence-corrected chi connectivity index (χ1v) is 9.09. The van der Waals surface area contributed by atoms with Crippen LogP contribution in [0.25, 0.3) is 11.0 Å². The molecule has 0 radical (unpaired) electrons. The number of aliphatic hydroxyl groups is 1. The highest BCUT2D eigenvalue weighted by molar-refractivity contribution is 7.89. The van der Waals surface area contributed by atoms with Crippen molar-refractivity contribution >= 4 is 26.9 Å². The van der Waals surface area contributed by atoms with Crippen LogP contribution in [0.15, 0.2) is 48.9 Å². The molecule has 1 unspecified atom stereocenters. The maximum Gasteiger partial charge on any atom is 0.244 e. The Hall–Kier alpha value is -2.45. The van der Waals surface area contributed by atoms with E-state index in [4.69, 9.17) is 5.11 Å². The summed E-state index contributed by atoms with van der Waals surface area (Å²) in [5.74, 6) is 0.382. The summed E-state index contributed by atoms with van der Waals surface area (Å²) in [5, 5.41) is 12.8. The lowest BCUT2D eigenvalue weighted by molar-refractivity contribution is 0.281. The fraction of sp³-hybridized carbons (Fsp3) is 0.250. The Balaban J connectivity index is 2.00. The fourth-order valence-electron chi connectivity index (χ4n) is 2.40. The van der Waals surface area contributed by atoms with Crippen LogP contribution in [0.3, 0.4) is 0 Å². The lowest BCUT2D eigenvalue weighted by Crippen LogP contribution is -2.20. The zero-order valence-electron chi connectivity index (χ0n) is 13.1. The molecule has 8 heteroatoms. The summed E-state index contributed by atoms with van der Waals surface area (Å²) in [4.78, 5) is 8.25. The van der Waals surface area contributed by atoms with Crippen molar-refractivity contribution in [1.82, 2.24) is 13.9 Å². The molecule has 0 amide bonds. The van der Waals surface area contributed by atoms with Crippen LogP contribution < -0.4 is 5.32 Å². The van der Waals surface area contributed by atoms with Gasteiger partial charge in [0, 0.05) is 12.2 Å². The molecule has 7 nitrogen and oxygen atoms in total. The first kappa shape index (κ1) is 16.4. The summed E-state index contributed by atoms with van der Waals surface area (Å²) < 4.78 is 26.6. The van der Waals surface area contributed by atoms with Gasteiger partial charge in [0.1, 0.15) is 12.1 Å². The zero-order valence-corrected chi connectivity index (χ0v) is 13.9. The Morgan fingerprint density at radius 2 is 1.96 bits per heavy atom. The van der Waals surface area contributed by atoms with Crippen molar-refractivity contribution in [2.75, 3.05) is 11.9 Å². The normalized spacial score (nSPS) is 13.1. The number of anilines is 1. The average molecular weight is 346 g/mol. The molecule has 1 atom stereocenters. The van der Waals surface area contributed by atoms with Gasteiger partial charge in [-0.3, -0.25) is 0 Å². The van der Waals surface area contributed by atoms with Crippen molar-refractivity contribution in [1.29, 1.82) is 0 Å². The topological polar surface area (TPSA) is 97.1 Å². The van der Waals surface area contributed by atoms with Crippen molar-refractivity contribution in [2.24, 2.45) is 0 Å². The van der Waals surface area contributed by atoms with Crippen LogP contribution in [0.5, 0.6) is 0 Å². The van der Waals surface area contributed by atoms with Crippen molar-refractivity contribution in [2.45, 2.75) is 18.7 Å². The van der Waals surface area contributed by atoms with Gasteiger partial charge in [0.05, 0.1) is 17.7 Å². The van der Waals surface area contributed by atoms with E-state index in [0.29, 0.717) is 22.4 Å². The lowest BCUT2D eigenvalue weighted by atomic mass is 10.2. The number of fused-ring (bicyclic) bond motifs is 1. The van der Waals surface area contributed by atoms with Crippen LogP contribution in [0.1, 0.15) is 12.5 Å². The van der Waals surface area contributed by atoms with Gasteiger partial charge in [-0.2, -0.15) is 0 Å². The number of aromatic nitrogens is 3. The molecule has 2 heterocycles. The number of nitrogens with one attached hydrogen (secondary N) is 1. The molecule has 24 heavy (non-hydrogen) atoms. The van der Waals surface area contributed by atoms with Crippen LogP contribution >= 0.6 is 0 Å². The second-order valence-corrected chi connectivity index (χ2v) is 7.39. The minimum Gasteiger partial charge on any atom is -0.394 e. The first-order chi connectivity index (χ1) is 11.5. The summed E-state index contributed by atoms with van der Waals surface area (Å²) in [5.41, 5.74) is 1.02. The molecule has 3 rings (SSSR count). The first-order valence-electron chi connectivity index (χ1n) is 7.48. The van der Waals surface area contributed by atoms with Gasteiger partial charge in [0.25, 0.3) is 0 Å². The molecular weight excluding hydrogens is 328 g/mol. The molecule has 1 aromatic carbocycles.